The van der Waals surface area contributed by atoms with E-state index in [2.05, 4.69) is 10.6 Å². The highest BCUT2D eigenvalue weighted by Crippen LogP contribution is 2.17. The molecular formula is C13H19N3O3. The summed E-state index contributed by atoms with van der Waals surface area (Å²) in [4.78, 5) is 24.1. The molecule has 0 heterocycles. The van der Waals surface area contributed by atoms with E-state index in [1.54, 1.807) is 13.0 Å². The van der Waals surface area contributed by atoms with Gasteiger partial charge >= 0.3 is 12.0 Å². The summed E-state index contributed by atoms with van der Waals surface area (Å²) >= 11 is 0. The van der Waals surface area contributed by atoms with Crippen molar-refractivity contribution >= 4 is 23.4 Å². The molecule has 2 amide bonds. The highest BCUT2D eigenvalue weighted by atomic mass is 16.4. The Balaban J connectivity index is 2.57. The van der Waals surface area contributed by atoms with Crippen LogP contribution in [0.25, 0.3) is 0 Å². The van der Waals surface area contributed by atoms with Gasteiger partial charge in [-0.15, -0.1) is 0 Å². The minimum absolute atomic E-state index is 0.106. The number of carboxylic acid groups (broad SMARTS) is 1. The smallest absolute Gasteiger partial charge is 0.319 e. The molecule has 1 aromatic carbocycles. The molecular weight excluding hydrogens is 246 g/mol. The van der Waals surface area contributed by atoms with Gasteiger partial charge in [0.15, 0.2) is 0 Å². The second-order valence-electron chi connectivity index (χ2n) is 4.54. The molecule has 1 rings (SSSR count). The Hall–Kier alpha value is -2.24. The SMILES string of the molecule is CC(CC(=O)O)NC(=O)Nc1cccc(N(C)C)c1. The largest absolute Gasteiger partial charge is 0.481 e. The molecule has 19 heavy (non-hydrogen) atoms. The van der Waals surface area contributed by atoms with Gasteiger partial charge in [0.25, 0.3) is 0 Å². The van der Waals surface area contributed by atoms with Crippen LogP contribution in [0.3, 0.4) is 0 Å². The van der Waals surface area contributed by atoms with Crippen LogP contribution in [0.2, 0.25) is 0 Å². The molecule has 104 valence electrons. The lowest BCUT2D eigenvalue weighted by molar-refractivity contribution is -0.137. The lowest BCUT2D eigenvalue weighted by Crippen LogP contribution is -2.37. The quantitative estimate of drug-likeness (QED) is 0.757. The number of anilines is 2. The molecule has 0 spiro atoms. The second kappa shape index (κ2) is 6.63. The number of benzene rings is 1. The van der Waals surface area contributed by atoms with Crippen molar-refractivity contribution in [1.82, 2.24) is 5.32 Å². The first-order valence-corrected chi connectivity index (χ1v) is 5.95. The van der Waals surface area contributed by atoms with E-state index in [0.717, 1.165) is 5.69 Å². The van der Waals surface area contributed by atoms with E-state index in [-0.39, 0.29) is 6.42 Å². The molecule has 0 aliphatic rings. The van der Waals surface area contributed by atoms with Crippen molar-refractivity contribution in [1.29, 1.82) is 0 Å². The van der Waals surface area contributed by atoms with E-state index in [0.29, 0.717) is 5.69 Å². The molecule has 0 saturated heterocycles. The topological polar surface area (TPSA) is 81.7 Å². The van der Waals surface area contributed by atoms with Crippen LogP contribution in [0.1, 0.15) is 13.3 Å². The number of carbonyl (C=O) groups excluding carboxylic acids is 1. The molecule has 1 aromatic rings. The predicted octanol–water partition coefficient (Wildman–Crippen LogP) is 1.74. The molecule has 0 fully saturated rings. The van der Waals surface area contributed by atoms with Gasteiger partial charge in [-0.3, -0.25) is 4.79 Å². The van der Waals surface area contributed by atoms with Crippen LogP contribution in [0.15, 0.2) is 24.3 Å². The number of nitrogens with one attached hydrogen (secondary N) is 2. The number of rotatable bonds is 5. The zero-order chi connectivity index (χ0) is 14.4. The van der Waals surface area contributed by atoms with Gasteiger partial charge in [-0.05, 0) is 25.1 Å². The summed E-state index contributed by atoms with van der Waals surface area (Å²) in [5.74, 6) is -0.942. The van der Waals surface area contributed by atoms with Gasteiger partial charge in [0.2, 0.25) is 0 Å². The summed E-state index contributed by atoms with van der Waals surface area (Å²) in [6, 6.07) is 6.54. The van der Waals surface area contributed by atoms with Crippen LogP contribution in [0.4, 0.5) is 16.2 Å². The third-order valence-corrected chi connectivity index (χ3v) is 2.48. The van der Waals surface area contributed by atoms with Crippen molar-refractivity contribution in [2.45, 2.75) is 19.4 Å². The lowest BCUT2D eigenvalue weighted by Gasteiger charge is -2.15. The monoisotopic (exact) mass is 265 g/mol. The number of amides is 2. The Kier molecular flexibility index (Phi) is 5.17. The normalized spacial score (nSPS) is 11.5. The van der Waals surface area contributed by atoms with E-state index in [4.69, 9.17) is 5.11 Å². The molecule has 0 aliphatic heterocycles. The zero-order valence-corrected chi connectivity index (χ0v) is 11.3. The Morgan fingerprint density at radius 1 is 1.37 bits per heavy atom. The van der Waals surface area contributed by atoms with Crippen molar-refractivity contribution in [2.75, 3.05) is 24.3 Å². The molecule has 0 aromatic heterocycles. The minimum Gasteiger partial charge on any atom is -0.481 e. The van der Waals surface area contributed by atoms with Crippen LogP contribution < -0.4 is 15.5 Å². The van der Waals surface area contributed by atoms with Gasteiger partial charge < -0.3 is 20.6 Å². The van der Waals surface area contributed by atoms with Crippen LogP contribution in [0, 0.1) is 0 Å². The van der Waals surface area contributed by atoms with Crippen molar-refractivity contribution in [3.63, 3.8) is 0 Å². The lowest BCUT2D eigenvalue weighted by atomic mass is 10.2. The summed E-state index contributed by atoms with van der Waals surface area (Å²) in [5, 5.41) is 13.8. The Morgan fingerprint density at radius 2 is 2.05 bits per heavy atom. The minimum atomic E-state index is -0.942. The fourth-order valence-electron chi connectivity index (χ4n) is 1.57. The van der Waals surface area contributed by atoms with E-state index < -0.39 is 18.0 Å². The van der Waals surface area contributed by atoms with Gasteiger partial charge in [0.1, 0.15) is 0 Å². The van der Waals surface area contributed by atoms with E-state index in [1.165, 1.54) is 0 Å². The first-order chi connectivity index (χ1) is 8.88. The average molecular weight is 265 g/mol. The average Bonchev–Trinajstić information content (AvgIpc) is 2.27. The highest BCUT2D eigenvalue weighted by Gasteiger charge is 2.11. The summed E-state index contributed by atoms with van der Waals surface area (Å²) in [5.41, 5.74) is 1.63. The van der Waals surface area contributed by atoms with Gasteiger partial charge in [-0.25, -0.2) is 4.79 Å². The summed E-state index contributed by atoms with van der Waals surface area (Å²) < 4.78 is 0. The summed E-state index contributed by atoms with van der Waals surface area (Å²) in [7, 11) is 3.82. The molecule has 6 nitrogen and oxygen atoms in total. The standard InChI is InChI=1S/C13H19N3O3/c1-9(7-12(17)18)14-13(19)15-10-5-4-6-11(8-10)16(2)3/h4-6,8-9H,7H2,1-3H3,(H,17,18)(H2,14,15,19). The Morgan fingerprint density at radius 3 is 2.63 bits per heavy atom. The molecule has 1 unspecified atom stereocenters. The number of nitrogens with zero attached hydrogens (tertiary/aromatic N) is 1. The van der Waals surface area contributed by atoms with E-state index in [1.807, 2.05) is 37.2 Å². The number of hydrogen-bond donors (Lipinski definition) is 3. The maximum absolute atomic E-state index is 11.7. The van der Waals surface area contributed by atoms with Gasteiger partial charge in [0, 0.05) is 31.5 Å². The number of urea groups is 1. The number of hydrogen-bond acceptors (Lipinski definition) is 3. The van der Waals surface area contributed by atoms with E-state index in [9.17, 15) is 9.59 Å². The van der Waals surface area contributed by atoms with Crippen molar-refractivity contribution in [2.24, 2.45) is 0 Å². The molecule has 0 aliphatic carbocycles. The first-order valence-electron chi connectivity index (χ1n) is 5.95. The van der Waals surface area contributed by atoms with Crippen LogP contribution in [-0.4, -0.2) is 37.2 Å². The molecule has 3 N–H and O–H groups in total. The number of carboxylic acids is 1. The predicted molar refractivity (Wildman–Crippen MR) is 74.6 cm³/mol. The van der Waals surface area contributed by atoms with Crippen LogP contribution >= 0.6 is 0 Å². The van der Waals surface area contributed by atoms with Crippen LogP contribution in [0.5, 0.6) is 0 Å². The van der Waals surface area contributed by atoms with Crippen molar-refractivity contribution < 1.29 is 14.7 Å². The summed E-state index contributed by atoms with van der Waals surface area (Å²) in [6.07, 6.45) is -0.106. The third-order valence-electron chi connectivity index (χ3n) is 2.48. The first kappa shape index (κ1) is 14.8. The maximum Gasteiger partial charge on any atom is 0.319 e. The third kappa shape index (κ3) is 5.29. The maximum atomic E-state index is 11.7. The van der Waals surface area contributed by atoms with Gasteiger partial charge in [-0.1, -0.05) is 6.07 Å². The Bertz CT molecular complexity index is 460. The fourth-order valence-corrected chi connectivity index (χ4v) is 1.57. The highest BCUT2D eigenvalue weighted by molar-refractivity contribution is 5.90. The Labute approximate surface area is 112 Å². The second-order valence-corrected chi connectivity index (χ2v) is 4.54. The number of carbonyl (C=O) groups is 2. The molecule has 1 atom stereocenters. The fraction of sp³-hybridized carbons (Fsp3) is 0.385. The van der Waals surface area contributed by atoms with Crippen molar-refractivity contribution in [3.8, 4) is 0 Å². The summed E-state index contributed by atoms with van der Waals surface area (Å²) in [6.45, 7) is 1.64. The van der Waals surface area contributed by atoms with Crippen molar-refractivity contribution in [3.05, 3.63) is 24.3 Å². The van der Waals surface area contributed by atoms with Gasteiger partial charge in [0.05, 0.1) is 6.42 Å². The molecule has 6 heteroatoms. The molecule has 0 radical (unpaired) electrons. The zero-order valence-electron chi connectivity index (χ0n) is 11.3. The van der Waals surface area contributed by atoms with Crippen LogP contribution in [-0.2, 0) is 4.79 Å². The number of aliphatic carboxylic acids is 1. The molecule has 0 saturated carbocycles. The van der Waals surface area contributed by atoms with E-state index >= 15 is 0 Å². The van der Waals surface area contributed by atoms with Gasteiger partial charge in [-0.2, -0.15) is 0 Å². The molecule has 0 bridgehead atoms.